The van der Waals surface area contributed by atoms with Gasteiger partial charge in [0, 0.05) is 25.2 Å². The number of morpholine rings is 1. The molecule has 1 saturated carbocycles. The molecule has 0 bridgehead atoms. The Hall–Kier alpha value is -1.17. The molecular formula is C15H23N3O2. The molecule has 0 amide bonds. The number of hydrogen-bond donors (Lipinski definition) is 1. The lowest BCUT2D eigenvalue weighted by Crippen LogP contribution is -2.48. The van der Waals surface area contributed by atoms with Crippen molar-refractivity contribution in [2.24, 2.45) is 0 Å². The van der Waals surface area contributed by atoms with Gasteiger partial charge in [0.2, 0.25) is 5.88 Å². The van der Waals surface area contributed by atoms with Crippen molar-refractivity contribution >= 4 is 0 Å². The van der Waals surface area contributed by atoms with Gasteiger partial charge in [-0.3, -0.25) is 4.90 Å². The first kappa shape index (κ1) is 13.8. The quantitative estimate of drug-likeness (QED) is 0.876. The molecule has 1 aromatic rings. The summed E-state index contributed by atoms with van der Waals surface area (Å²) in [5.74, 6) is 0.662. The first-order valence-electron chi connectivity index (χ1n) is 7.34. The molecule has 2 fully saturated rings. The standard InChI is InChI=1S/C15H23N3O2/c1-18-8-9-20-13(10-16-11-6-7-11)15(18)12-4-3-5-14(17-12)19-2/h3-5,11,13,15-16H,6-10H2,1-2H3. The van der Waals surface area contributed by atoms with Crippen LogP contribution in [0.3, 0.4) is 0 Å². The number of likely N-dealkylation sites (N-methyl/N-ethyl adjacent to an activating group) is 1. The summed E-state index contributed by atoms with van der Waals surface area (Å²) < 4.78 is 11.2. The molecule has 2 aliphatic rings. The average molecular weight is 277 g/mol. The van der Waals surface area contributed by atoms with Crippen LogP contribution in [0.4, 0.5) is 0 Å². The van der Waals surface area contributed by atoms with Crippen LogP contribution in [0.2, 0.25) is 0 Å². The number of pyridine rings is 1. The largest absolute Gasteiger partial charge is 0.481 e. The van der Waals surface area contributed by atoms with Gasteiger partial charge in [-0.2, -0.15) is 0 Å². The van der Waals surface area contributed by atoms with Crippen molar-refractivity contribution in [2.45, 2.75) is 31.0 Å². The van der Waals surface area contributed by atoms with Gasteiger partial charge in [-0.1, -0.05) is 6.07 Å². The van der Waals surface area contributed by atoms with Crippen LogP contribution in [-0.4, -0.2) is 55.9 Å². The summed E-state index contributed by atoms with van der Waals surface area (Å²) in [6.45, 7) is 2.61. The Kier molecular flexibility index (Phi) is 4.19. The van der Waals surface area contributed by atoms with Gasteiger partial charge >= 0.3 is 0 Å². The number of nitrogens with one attached hydrogen (secondary N) is 1. The summed E-state index contributed by atoms with van der Waals surface area (Å²) in [5, 5.41) is 3.56. The predicted molar refractivity (Wildman–Crippen MR) is 76.9 cm³/mol. The van der Waals surface area contributed by atoms with E-state index in [-0.39, 0.29) is 12.1 Å². The van der Waals surface area contributed by atoms with E-state index in [0.717, 1.165) is 25.4 Å². The molecule has 110 valence electrons. The van der Waals surface area contributed by atoms with Crippen LogP contribution >= 0.6 is 0 Å². The molecule has 0 spiro atoms. The van der Waals surface area contributed by atoms with Crippen LogP contribution < -0.4 is 10.1 Å². The Morgan fingerprint density at radius 1 is 1.45 bits per heavy atom. The lowest BCUT2D eigenvalue weighted by Gasteiger charge is -2.39. The van der Waals surface area contributed by atoms with E-state index < -0.39 is 0 Å². The van der Waals surface area contributed by atoms with Crippen molar-refractivity contribution in [1.82, 2.24) is 15.2 Å². The fourth-order valence-electron chi connectivity index (χ4n) is 2.73. The van der Waals surface area contributed by atoms with Crippen LogP contribution in [0.5, 0.6) is 5.88 Å². The lowest BCUT2D eigenvalue weighted by atomic mass is 10.0. The second-order valence-electron chi connectivity index (χ2n) is 5.62. The Balaban J connectivity index is 1.76. The van der Waals surface area contributed by atoms with E-state index in [0.29, 0.717) is 11.9 Å². The van der Waals surface area contributed by atoms with Gasteiger partial charge < -0.3 is 14.8 Å². The van der Waals surface area contributed by atoms with E-state index in [9.17, 15) is 0 Å². The number of aromatic nitrogens is 1. The Morgan fingerprint density at radius 3 is 3.05 bits per heavy atom. The SMILES string of the molecule is COc1cccc(C2C(CNC3CC3)OCCN2C)n1. The number of nitrogens with zero attached hydrogens (tertiary/aromatic N) is 2. The molecule has 2 heterocycles. The third kappa shape index (κ3) is 3.11. The van der Waals surface area contributed by atoms with Gasteiger partial charge in [-0.05, 0) is 26.0 Å². The first-order valence-corrected chi connectivity index (χ1v) is 7.34. The molecular weight excluding hydrogens is 254 g/mol. The summed E-state index contributed by atoms with van der Waals surface area (Å²) in [4.78, 5) is 6.91. The molecule has 2 atom stereocenters. The zero-order valence-corrected chi connectivity index (χ0v) is 12.2. The molecule has 20 heavy (non-hydrogen) atoms. The molecule has 1 saturated heterocycles. The van der Waals surface area contributed by atoms with Crippen molar-refractivity contribution in [3.05, 3.63) is 23.9 Å². The molecule has 0 aromatic carbocycles. The lowest BCUT2D eigenvalue weighted by molar-refractivity contribution is -0.0629. The minimum Gasteiger partial charge on any atom is -0.481 e. The Labute approximate surface area is 120 Å². The van der Waals surface area contributed by atoms with Gasteiger partial charge in [-0.25, -0.2) is 4.98 Å². The highest BCUT2D eigenvalue weighted by Gasteiger charge is 2.34. The third-order valence-corrected chi connectivity index (χ3v) is 4.05. The van der Waals surface area contributed by atoms with Crippen LogP contribution in [0.25, 0.3) is 0 Å². The van der Waals surface area contributed by atoms with Gasteiger partial charge in [0.1, 0.15) is 0 Å². The van der Waals surface area contributed by atoms with Crippen molar-refractivity contribution in [3.8, 4) is 5.88 Å². The topological polar surface area (TPSA) is 46.6 Å². The van der Waals surface area contributed by atoms with E-state index in [1.165, 1.54) is 12.8 Å². The number of hydrogen-bond acceptors (Lipinski definition) is 5. The molecule has 0 radical (unpaired) electrons. The van der Waals surface area contributed by atoms with Crippen LogP contribution in [0.1, 0.15) is 24.6 Å². The molecule has 1 aliphatic heterocycles. The van der Waals surface area contributed by atoms with E-state index in [1.807, 2.05) is 12.1 Å². The fourth-order valence-corrected chi connectivity index (χ4v) is 2.73. The van der Waals surface area contributed by atoms with Crippen LogP contribution in [-0.2, 0) is 4.74 Å². The predicted octanol–water partition coefficient (Wildman–Crippen LogP) is 1.21. The number of methoxy groups -OCH3 is 1. The monoisotopic (exact) mass is 277 g/mol. The fraction of sp³-hybridized carbons (Fsp3) is 0.667. The number of rotatable bonds is 5. The van der Waals surface area contributed by atoms with Crippen molar-refractivity contribution in [2.75, 3.05) is 33.9 Å². The van der Waals surface area contributed by atoms with Gasteiger partial charge in [0.25, 0.3) is 0 Å². The number of ether oxygens (including phenoxy) is 2. The third-order valence-electron chi connectivity index (χ3n) is 4.05. The second kappa shape index (κ2) is 6.08. The van der Waals surface area contributed by atoms with Crippen molar-refractivity contribution in [1.29, 1.82) is 0 Å². The van der Waals surface area contributed by atoms with E-state index in [4.69, 9.17) is 9.47 Å². The maximum absolute atomic E-state index is 5.98. The summed E-state index contributed by atoms with van der Waals surface area (Å²) in [7, 11) is 3.79. The molecule has 3 rings (SSSR count). The summed E-state index contributed by atoms with van der Waals surface area (Å²) >= 11 is 0. The molecule has 1 aromatic heterocycles. The highest BCUT2D eigenvalue weighted by molar-refractivity contribution is 5.19. The highest BCUT2D eigenvalue weighted by Crippen LogP contribution is 2.29. The maximum Gasteiger partial charge on any atom is 0.213 e. The average Bonchev–Trinajstić information content (AvgIpc) is 3.29. The van der Waals surface area contributed by atoms with E-state index in [1.54, 1.807) is 7.11 Å². The van der Waals surface area contributed by atoms with Crippen LogP contribution in [0.15, 0.2) is 18.2 Å². The Bertz CT molecular complexity index is 450. The second-order valence-corrected chi connectivity index (χ2v) is 5.62. The van der Waals surface area contributed by atoms with Gasteiger partial charge in [-0.15, -0.1) is 0 Å². The minimum atomic E-state index is 0.147. The first-order chi connectivity index (χ1) is 9.78. The smallest absolute Gasteiger partial charge is 0.213 e. The maximum atomic E-state index is 5.98. The van der Waals surface area contributed by atoms with Gasteiger partial charge in [0.05, 0.1) is 31.6 Å². The Morgan fingerprint density at radius 2 is 2.30 bits per heavy atom. The molecule has 1 N–H and O–H groups in total. The normalized spacial score (nSPS) is 27.5. The van der Waals surface area contributed by atoms with Crippen molar-refractivity contribution in [3.63, 3.8) is 0 Å². The highest BCUT2D eigenvalue weighted by atomic mass is 16.5. The summed E-state index contributed by atoms with van der Waals surface area (Å²) in [6.07, 6.45) is 2.74. The summed E-state index contributed by atoms with van der Waals surface area (Å²) in [6, 6.07) is 6.82. The summed E-state index contributed by atoms with van der Waals surface area (Å²) in [5.41, 5.74) is 1.02. The molecule has 5 heteroatoms. The molecule has 1 aliphatic carbocycles. The zero-order valence-electron chi connectivity index (χ0n) is 12.2. The molecule has 5 nitrogen and oxygen atoms in total. The van der Waals surface area contributed by atoms with E-state index in [2.05, 4.69) is 28.3 Å². The molecule has 2 unspecified atom stereocenters. The van der Waals surface area contributed by atoms with Crippen LogP contribution in [0, 0.1) is 0 Å². The minimum absolute atomic E-state index is 0.147. The zero-order chi connectivity index (χ0) is 13.9. The van der Waals surface area contributed by atoms with Gasteiger partial charge in [0.15, 0.2) is 0 Å². The van der Waals surface area contributed by atoms with E-state index >= 15 is 0 Å². The van der Waals surface area contributed by atoms with Crippen molar-refractivity contribution < 1.29 is 9.47 Å².